The second-order valence-electron chi connectivity index (χ2n) is 3.30. The molecule has 0 fully saturated rings. The van der Waals surface area contributed by atoms with Gasteiger partial charge in [0.25, 0.3) is 0 Å². The van der Waals surface area contributed by atoms with Crippen molar-refractivity contribution in [3.63, 3.8) is 0 Å². The maximum absolute atomic E-state index is 11.0. The molecule has 0 bridgehead atoms. The highest BCUT2D eigenvalue weighted by Gasteiger charge is 2.14. The lowest BCUT2D eigenvalue weighted by atomic mass is 10.0. The van der Waals surface area contributed by atoms with Crippen molar-refractivity contribution in [2.45, 2.75) is 26.4 Å². The van der Waals surface area contributed by atoms with E-state index in [-0.39, 0.29) is 18.2 Å². The minimum Gasteiger partial charge on any atom is -0.392 e. The van der Waals surface area contributed by atoms with Crippen molar-refractivity contribution in [2.75, 3.05) is 14.1 Å². The second kappa shape index (κ2) is 4.34. The van der Waals surface area contributed by atoms with E-state index in [2.05, 4.69) is 0 Å². The van der Waals surface area contributed by atoms with E-state index in [0.717, 1.165) is 0 Å². The van der Waals surface area contributed by atoms with Crippen LogP contribution >= 0.6 is 0 Å². The number of aliphatic hydroxyl groups excluding tert-OH is 1. The van der Waals surface area contributed by atoms with Crippen LogP contribution in [0.4, 0.5) is 0 Å². The highest BCUT2D eigenvalue weighted by Crippen LogP contribution is 2.06. The highest BCUT2D eigenvalue weighted by molar-refractivity contribution is 5.76. The summed E-state index contributed by atoms with van der Waals surface area (Å²) < 4.78 is 0. The predicted molar refractivity (Wildman–Crippen MR) is 44.2 cm³/mol. The lowest BCUT2D eigenvalue weighted by molar-refractivity contribution is -0.131. The topological polar surface area (TPSA) is 40.5 Å². The molecule has 0 heterocycles. The van der Waals surface area contributed by atoms with Crippen molar-refractivity contribution in [3.05, 3.63) is 0 Å². The molecule has 0 radical (unpaired) electrons. The van der Waals surface area contributed by atoms with Gasteiger partial charge in [-0.3, -0.25) is 4.79 Å². The molecule has 11 heavy (non-hydrogen) atoms. The van der Waals surface area contributed by atoms with Crippen LogP contribution in [0, 0.1) is 5.92 Å². The van der Waals surface area contributed by atoms with Gasteiger partial charge in [0, 0.05) is 14.1 Å². The van der Waals surface area contributed by atoms with Crippen molar-refractivity contribution < 1.29 is 9.90 Å². The molecule has 0 aliphatic heterocycles. The Morgan fingerprint density at radius 3 is 2.18 bits per heavy atom. The summed E-state index contributed by atoms with van der Waals surface area (Å²) in [7, 11) is 3.38. The Labute approximate surface area is 68.0 Å². The molecule has 0 aliphatic carbocycles. The first kappa shape index (κ1) is 10.4. The van der Waals surface area contributed by atoms with Gasteiger partial charge in [-0.15, -0.1) is 0 Å². The Bertz CT molecular complexity index is 132. The Morgan fingerprint density at radius 2 is 1.91 bits per heavy atom. The van der Waals surface area contributed by atoms with Crippen LogP contribution in [0.1, 0.15) is 20.3 Å². The lowest BCUT2D eigenvalue weighted by Gasteiger charge is -2.16. The van der Waals surface area contributed by atoms with Gasteiger partial charge in [-0.05, 0) is 5.92 Å². The fraction of sp³-hybridized carbons (Fsp3) is 0.875. The Balaban J connectivity index is 3.76. The summed E-state index contributed by atoms with van der Waals surface area (Å²) in [4.78, 5) is 12.5. The quantitative estimate of drug-likeness (QED) is 0.650. The lowest BCUT2D eigenvalue weighted by Crippen LogP contribution is -2.28. The summed E-state index contributed by atoms with van der Waals surface area (Å²) in [5, 5.41) is 9.30. The molecule has 0 saturated carbocycles. The SMILES string of the molecule is CC(C)[C@@H](O)CC(=O)N(C)C. The maximum atomic E-state index is 11.0. The first-order chi connectivity index (χ1) is 4.95. The molecular weight excluding hydrogens is 142 g/mol. The summed E-state index contributed by atoms with van der Waals surface area (Å²) in [5.74, 6) is 0.130. The van der Waals surface area contributed by atoms with E-state index in [4.69, 9.17) is 0 Å². The van der Waals surface area contributed by atoms with Crippen LogP contribution in [0.25, 0.3) is 0 Å². The van der Waals surface area contributed by atoms with E-state index in [1.54, 1.807) is 14.1 Å². The predicted octanol–water partition coefficient (Wildman–Crippen LogP) is 0.482. The molecule has 0 rings (SSSR count). The van der Waals surface area contributed by atoms with Gasteiger partial charge in [0.15, 0.2) is 0 Å². The van der Waals surface area contributed by atoms with Crippen LogP contribution < -0.4 is 0 Å². The molecular formula is C8H17NO2. The zero-order valence-electron chi connectivity index (χ0n) is 7.66. The largest absolute Gasteiger partial charge is 0.392 e. The minimum atomic E-state index is -0.509. The van der Waals surface area contributed by atoms with E-state index in [1.807, 2.05) is 13.8 Å². The molecule has 0 aromatic heterocycles. The van der Waals surface area contributed by atoms with Crippen LogP contribution in [0.3, 0.4) is 0 Å². The molecule has 0 aliphatic rings. The summed E-state index contributed by atoms with van der Waals surface area (Å²) in [6, 6.07) is 0. The van der Waals surface area contributed by atoms with Crippen molar-refractivity contribution in [1.82, 2.24) is 4.90 Å². The fourth-order valence-corrected chi connectivity index (χ4v) is 0.597. The third-order valence-corrected chi connectivity index (χ3v) is 1.65. The third kappa shape index (κ3) is 3.98. The van der Waals surface area contributed by atoms with E-state index < -0.39 is 6.10 Å². The number of hydrogen-bond acceptors (Lipinski definition) is 2. The molecule has 1 N–H and O–H groups in total. The Hall–Kier alpha value is -0.570. The molecule has 3 heteroatoms. The number of nitrogens with zero attached hydrogens (tertiary/aromatic N) is 1. The number of hydrogen-bond donors (Lipinski definition) is 1. The molecule has 3 nitrogen and oxygen atoms in total. The molecule has 0 spiro atoms. The summed E-state index contributed by atoms with van der Waals surface area (Å²) >= 11 is 0. The molecule has 0 unspecified atom stereocenters. The number of amides is 1. The third-order valence-electron chi connectivity index (χ3n) is 1.65. The fourth-order valence-electron chi connectivity index (χ4n) is 0.597. The van der Waals surface area contributed by atoms with Crippen LogP contribution in [0.15, 0.2) is 0 Å². The van der Waals surface area contributed by atoms with Gasteiger partial charge in [0.05, 0.1) is 12.5 Å². The van der Waals surface area contributed by atoms with E-state index >= 15 is 0 Å². The van der Waals surface area contributed by atoms with Crippen molar-refractivity contribution >= 4 is 5.91 Å². The second-order valence-corrected chi connectivity index (χ2v) is 3.30. The summed E-state index contributed by atoms with van der Waals surface area (Å²) in [6.07, 6.45) is -0.283. The van der Waals surface area contributed by atoms with Gasteiger partial charge in [-0.2, -0.15) is 0 Å². The first-order valence-corrected chi connectivity index (χ1v) is 3.83. The number of carbonyl (C=O) groups is 1. The van der Waals surface area contributed by atoms with Gasteiger partial charge in [0.2, 0.25) is 5.91 Å². The summed E-state index contributed by atoms with van der Waals surface area (Å²) in [5.41, 5.74) is 0. The van der Waals surface area contributed by atoms with Crippen LogP contribution in [-0.4, -0.2) is 36.1 Å². The Morgan fingerprint density at radius 1 is 1.45 bits per heavy atom. The normalized spacial score (nSPS) is 13.3. The van der Waals surface area contributed by atoms with Crippen molar-refractivity contribution in [3.8, 4) is 0 Å². The first-order valence-electron chi connectivity index (χ1n) is 3.83. The van der Waals surface area contributed by atoms with E-state index in [0.29, 0.717) is 0 Å². The van der Waals surface area contributed by atoms with Crippen LogP contribution in [-0.2, 0) is 4.79 Å². The Kier molecular flexibility index (Phi) is 4.11. The maximum Gasteiger partial charge on any atom is 0.224 e. The average molecular weight is 159 g/mol. The monoisotopic (exact) mass is 159 g/mol. The molecule has 0 saturated heterocycles. The highest BCUT2D eigenvalue weighted by atomic mass is 16.3. The van der Waals surface area contributed by atoms with Crippen LogP contribution in [0.5, 0.6) is 0 Å². The molecule has 1 amide bonds. The van der Waals surface area contributed by atoms with Gasteiger partial charge < -0.3 is 10.0 Å². The van der Waals surface area contributed by atoms with Gasteiger partial charge in [-0.1, -0.05) is 13.8 Å². The van der Waals surface area contributed by atoms with Crippen molar-refractivity contribution in [2.24, 2.45) is 5.92 Å². The zero-order chi connectivity index (χ0) is 9.02. The number of carbonyl (C=O) groups excluding carboxylic acids is 1. The van der Waals surface area contributed by atoms with E-state index in [9.17, 15) is 9.90 Å². The van der Waals surface area contributed by atoms with E-state index in [1.165, 1.54) is 4.90 Å². The smallest absolute Gasteiger partial charge is 0.224 e. The minimum absolute atomic E-state index is 0.0220. The van der Waals surface area contributed by atoms with Crippen LogP contribution in [0.2, 0.25) is 0 Å². The molecule has 66 valence electrons. The van der Waals surface area contributed by atoms with Gasteiger partial charge in [0.1, 0.15) is 0 Å². The van der Waals surface area contributed by atoms with Crippen molar-refractivity contribution in [1.29, 1.82) is 0 Å². The van der Waals surface area contributed by atoms with Gasteiger partial charge in [-0.25, -0.2) is 0 Å². The summed E-state index contributed by atoms with van der Waals surface area (Å²) in [6.45, 7) is 3.79. The molecule has 0 aromatic carbocycles. The molecule has 0 aromatic rings. The van der Waals surface area contributed by atoms with Gasteiger partial charge >= 0.3 is 0 Å². The number of aliphatic hydroxyl groups is 1. The zero-order valence-corrected chi connectivity index (χ0v) is 7.66. The number of rotatable bonds is 3. The average Bonchev–Trinajstić information content (AvgIpc) is 1.87. The molecule has 1 atom stereocenters. The standard InChI is InChI=1S/C8H17NO2/c1-6(2)7(10)5-8(11)9(3)4/h6-7,10H,5H2,1-4H3/t7-/m0/s1.